The molecule has 1 aromatic carbocycles. The molecule has 138 valence electrons. The minimum absolute atomic E-state index is 0.156. The van der Waals surface area contributed by atoms with Crippen molar-refractivity contribution in [2.45, 2.75) is 33.2 Å². The highest BCUT2D eigenvalue weighted by Gasteiger charge is 2.21. The molecule has 0 aliphatic carbocycles. The van der Waals surface area contributed by atoms with E-state index in [0.29, 0.717) is 18.0 Å². The molecular weight excluding hydrogens is 332 g/mol. The zero-order chi connectivity index (χ0) is 18.5. The van der Waals surface area contributed by atoms with Crippen molar-refractivity contribution in [2.24, 2.45) is 5.92 Å². The van der Waals surface area contributed by atoms with Crippen LogP contribution in [0.3, 0.4) is 0 Å². The van der Waals surface area contributed by atoms with E-state index >= 15 is 0 Å². The fourth-order valence-electron chi connectivity index (χ4n) is 3.10. The molecule has 1 aliphatic heterocycles. The van der Waals surface area contributed by atoms with Gasteiger partial charge in [0.05, 0.1) is 6.61 Å². The van der Waals surface area contributed by atoms with Crippen molar-refractivity contribution in [3.05, 3.63) is 51.9 Å². The van der Waals surface area contributed by atoms with Crippen molar-refractivity contribution in [1.29, 1.82) is 0 Å². The minimum Gasteiger partial charge on any atom is -0.461 e. The first-order valence-electron chi connectivity index (χ1n) is 9.02. The zero-order valence-corrected chi connectivity index (χ0v) is 15.2. The fraction of sp³-hybridized carbons (Fsp3) is 0.450. The van der Waals surface area contributed by atoms with Crippen LogP contribution < -0.4 is 5.43 Å². The van der Waals surface area contributed by atoms with Gasteiger partial charge in [0.2, 0.25) is 11.1 Å². The Balaban J connectivity index is 2.02. The molecule has 1 aliphatic rings. The number of carbonyl (C=O) groups is 1. The minimum atomic E-state index is -0.674. The summed E-state index contributed by atoms with van der Waals surface area (Å²) in [4.78, 5) is 25.0. The number of esters is 1. The average Bonchev–Trinajstić information content (AvgIpc) is 2.65. The number of aryl methyl sites for hydroxylation is 1. The smallest absolute Gasteiger partial charge is 0.362 e. The van der Waals surface area contributed by atoms with Crippen LogP contribution in [0, 0.1) is 12.8 Å². The molecule has 2 aromatic rings. The molecule has 0 unspecified atom stereocenters. The number of hydrogen-bond acceptors (Lipinski definition) is 5. The third kappa shape index (κ3) is 4.19. The van der Waals surface area contributed by atoms with E-state index in [2.05, 4.69) is 5.10 Å². The summed E-state index contributed by atoms with van der Waals surface area (Å²) in [7, 11) is 0. The van der Waals surface area contributed by atoms with Crippen LogP contribution >= 0.6 is 0 Å². The van der Waals surface area contributed by atoms with E-state index in [9.17, 15) is 9.59 Å². The Kier molecular flexibility index (Phi) is 5.83. The zero-order valence-electron chi connectivity index (χ0n) is 15.2. The first-order chi connectivity index (χ1) is 12.6. The van der Waals surface area contributed by atoms with Crippen molar-refractivity contribution >= 4 is 5.97 Å². The van der Waals surface area contributed by atoms with Gasteiger partial charge in [-0.05, 0) is 38.2 Å². The molecule has 2 heterocycles. The van der Waals surface area contributed by atoms with Crippen molar-refractivity contribution < 1.29 is 14.3 Å². The summed E-state index contributed by atoms with van der Waals surface area (Å²) in [5.74, 6) is -0.258. The summed E-state index contributed by atoms with van der Waals surface area (Å²) in [6, 6.07) is 7.67. The second-order valence-electron chi connectivity index (χ2n) is 6.58. The maximum atomic E-state index is 12.8. The molecule has 0 radical (unpaired) electrons. The number of rotatable bonds is 5. The Hall–Kier alpha value is -2.47. The maximum absolute atomic E-state index is 12.8. The Bertz CT molecular complexity index is 821. The molecule has 6 nitrogen and oxygen atoms in total. The van der Waals surface area contributed by atoms with Gasteiger partial charge in [0, 0.05) is 31.5 Å². The molecule has 0 N–H and O–H groups in total. The molecule has 1 saturated heterocycles. The Morgan fingerprint density at radius 2 is 1.96 bits per heavy atom. The molecule has 0 spiro atoms. The van der Waals surface area contributed by atoms with Gasteiger partial charge in [0.1, 0.15) is 0 Å². The first kappa shape index (κ1) is 18.3. The van der Waals surface area contributed by atoms with Gasteiger partial charge in [-0.2, -0.15) is 5.10 Å². The second kappa shape index (κ2) is 8.27. The summed E-state index contributed by atoms with van der Waals surface area (Å²) >= 11 is 0. The quantitative estimate of drug-likeness (QED) is 0.771. The molecule has 26 heavy (non-hydrogen) atoms. The summed E-state index contributed by atoms with van der Waals surface area (Å²) < 4.78 is 12.1. The number of ether oxygens (including phenoxy) is 2. The first-order valence-corrected chi connectivity index (χ1v) is 9.02. The number of nitrogens with zero attached hydrogens (tertiary/aromatic N) is 2. The summed E-state index contributed by atoms with van der Waals surface area (Å²) in [6.07, 6.45) is 3.63. The normalized spacial score (nSPS) is 15.0. The molecule has 6 heteroatoms. The van der Waals surface area contributed by atoms with Crippen LogP contribution in [0.4, 0.5) is 0 Å². The molecular formula is C20H24N2O4. The predicted octanol–water partition coefficient (Wildman–Crippen LogP) is 2.82. The molecule has 1 fully saturated rings. The van der Waals surface area contributed by atoms with E-state index in [1.54, 1.807) is 17.8 Å². The molecule has 0 amide bonds. The van der Waals surface area contributed by atoms with Gasteiger partial charge in [-0.15, -0.1) is 0 Å². The lowest BCUT2D eigenvalue weighted by Crippen LogP contribution is -2.28. The summed E-state index contributed by atoms with van der Waals surface area (Å²) in [5.41, 5.74) is 1.80. The van der Waals surface area contributed by atoms with E-state index in [-0.39, 0.29) is 12.3 Å². The van der Waals surface area contributed by atoms with Crippen molar-refractivity contribution in [1.82, 2.24) is 9.78 Å². The Labute approximate surface area is 152 Å². The van der Waals surface area contributed by atoms with E-state index in [1.165, 1.54) is 0 Å². The van der Waals surface area contributed by atoms with Gasteiger partial charge >= 0.3 is 5.97 Å². The highest BCUT2D eigenvalue weighted by atomic mass is 16.5. The lowest BCUT2D eigenvalue weighted by atomic mass is 10.0. The molecule has 0 atom stereocenters. The molecule has 3 rings (SSSR count). The summed E-state index contributed by atoms with van der Waals surface area (Å²) in [6.45, 7) is 6.02. The third-order valence-electron chi connectivity index (χ3n) is 4.58. The van der Waals surface area contributed by atoms with Crippen LogP contribution in [0.2, 0.25) is 0 Å². The monoisotopic (exact) mass is 356 g/mol. The lowest BCUT2D eigenvalue weighted by molar-refractivity contribution is 0.0506. The molecule has 1 aromatic heterocycles. The molecule has 0 bridgehead atoms. The van der Waals surface area contributed by atoms with Gasteiger partial charge in [0.15, 0.2) is 0 Å². The van der Waals surface area contributed by atoms with Gasteiger partial charge < -0.3 is 9.47 Å². The lowest BCUT2D eigenvalue weighted by Gasteiger charge is -2.23. The van der Waals surface area contributed by atoms with Crippen LogP contribution in [-0.4, -0.2) is 35.6 Å². The van der Waals surface area contributed by atoms with Crippen LogP contribution in [0.5, 0.6) is 0 Å². The van der Waals surface area contributed by atoms with Gasteiger partial charge in [-0.25, -0.2) is 4.79 Å². The number of benzene rings is 1. The predicted molar refractivity (Wildman–Crippen MR) is 98.2 cm³/mol. The highest BCUT2D eigenvalue weighted by Crippen LogP contribution is 2.19. The largest absolute Gasteiger partial charge is 0.461 e. The van der Waals surface area contributed by atoms with Gasteiger partial charge in [0.25, 0.3) is 0 Å². The van der Waals surface area contributed by atoms with Crippen LogP contribution in [0.15, 0.2) is 35.3 Å². The Morgan fingerprint density at radius 3 is 2.62 bits per heavy atom. The fourth-order valence-corrected chi connectivity index (χ4v) is 3.10. The third-order valence-corrected chi connectivity index (χ3v) is 4.58. The van der Waals surface area contributed by atoms with Crippen molar-refractivity contribution in [3.63, 3.8) is 0 Å². The van der Waals surface area contributed by atoms with E-state index in [4.69, 9.17) is 9.47 Å². The Morgan fingerprint density at radius 1 is 1.27 bits per heavy atom. The second-order valence-corrected chi connectivity index (χ2v) is 6.58. The standard InChI is InChI=1S/C20H24N2O4/c1-3-26-20(24)18-19(23)17(16-6-4-14(2)5-7-16)13-22(21-18)12-15-8-10-25-11-9-15/h4-7,13,15H,3,8-12H2,1-2H3. The van der Waals surface area contributed by atoms with Crippen LogP contribution in [0.25, 0.3) is 11.1 Å². The average molecular weight is 356 g/mol. The number of carbonyl (C=O) groups excluding carboxylic acids is 1. The maximum Gasteiger partial charge on any atom is 0.362 e. The topological polar surface area (TPSA) is 70.4 Å². The van der Waals surface area contributed by atoms with Gasteiger partial charge in [-0.3, -0.25) is 9.48 Å². The van der Waals surface area contributed by atoms with Crippen LogP contribution in [-0.2, 0) is 16.0 Å². The SMILES string of the molecule is CCOC(=O)c1nn(CC2CCOCC2)cc(-c2ccc(C)cc2)c1=O. The van der Waals surface area contributed by atoms with E-state index in [1.807, 2.05) is 31.2 Å². The molecule has 0 saturated carbocycles. The van der Waals surface area contributed by atoms with Crippen molar-refractivity contribution in [2.75, 3.05) is 19.8 Å². The van der Waals surface area contributed by atoms with E-state index in [0.717, 1.165) is 37.2 Å². The number of aromatic nitrogens is 2. The van der Waals surface area contributed by atoms with Crippen LogP contribution in [0.1, 0.15) is 35.8 Å². The van der Waals surface area contributed by atoms with Gasteiger partial charge in [-0.1, -0.05) is 29.8 Å². The highest BCUT2D eigenvalue weighted by molar-refractivity contribution is 5.88. The van der Waals surface area contributed by atoms with Crippen molar-refractivity contribution in [3.8, 4) is 11.1 Å². The number of hydrogen-bond donors (Lipinski definition) is 0. The summed E-state index contributed by atoms with van der Waals surface area (Å²) in [5, 5.41) is 4.28. The van der Waals surface area contributed by atoms with E-state index < -0.39 is 11.4 Å².